The lowest BCUT2D eigenvalue weighted by atomic mass is 9.70. The van der Waals surface area contributed by atoms with Crippen LogP contribution in [0, 0.1) is 5.92 Å². The van der Waals surface area contributed by atoms with Gasteiger partial charge in [0.2, 0.25) is 5.91 Å². The number of carbonyl (C=O) groups is 2. The maximum absolute atomic E-state index is 13.6. The van der Waals surface area contributed by atoms with E-state index in [1.165, 1.54) is 0 Å². The number of rotatable bonds is 5. The Labute approximate surface area is 172 Å². The van der Waals surface area contributed by atoms with Crippen LogP contribution in [0.1, 0.15) is 67.1 Å². The van der Waals surface area contributed by atoms with Crippen molar-refractivity contribution >= 4 is 11.8 Å². The van der Waals surface area contributed by atoms with E-state index < -0.39 is 5.54 Å². The first-order chi connectivity index (χ1) is 14.0. The van der Waals surface area contributed by atoms with E-state index in [1.807, 2.05) is 47.4 Å². The largest absolute Gasteiger partial charge is 0.350 e. The molecule has 1 aliphatic carbocycles. The van der Waals surface area contributed by atoms with Gasteiger partial charge in [-0.25, -0.2) is 0 Å². The summed E-state index contributed by atoms with van der Waals surface area (Å²) in [6.07, 6.45) is 5.59. The van der Waals surface area contributed by atoms with Crippen molar-refractivity contribution in [1.82, 2.24) is 15.2 Å². The molecule has 1 saturated carbocycles. The molecular weight excluding hydrogens is 362 g/mol. The molecule has 152 valence electrons. The summed E-state index contributed by atoms with van der Waals surface area (Å²) >= 11 is 0. The van der Waals surface area contributed by atoms with Crippen molar-refractivity contribution in [3.8, 4) is 0 Å². The zero-order chi connectivity index (χ0) is 20.4. The Morgan fingerprint density at radius 1 is 1.17 bits per heavy atom. The SMILES string of the molecule is CC(C)CN1C(=O)c2ccccc2[C@@H](C(=O)NCc2ccccn2)C12CCCC2. The van der Waals surface area contributed by atoms with E-state index in [1.54, 1.807) is 6.20 Å². The molecule has 2 amide bonds. The second kappa shape index (κ2) is 7.97. The zero-order valence-corrected chi connectivity index (χ0v) is 17.2. The Morgan fingerprint density at radius 3 is 2.59 bits per heavy atom. The molecule has 1 atom stereocenters. The van der Waals surface area contributed by atoms with E-state index in [0.717, 1.165) is 36.9 Å². The molecule has 1 aliphatic heterocycles. The highest BCUT2D eigenvalue weighted by Crippen LogP contribution is 2.50. The highest BCUT2D eigenvalue weighted by Gasteiger charge is 2.55. The fourth-order valence-corrected chi connectivity index (χ4v) is 5.08. The topological polar surface area (TPSA) is 62.3 Å². The first-order valence-corrected chi connectivity index (χ1v) is 10.6. The summed E-state index contributed by atoms with van der Waals surface area (Å²) in [6.45, 7) is 5.34. The van der Waals surface area contributed by atoms with Crippen LogP contribution in [0.3, 0.4) is 0 Å². The first-order valence-electron chi connectivity index (χ1n) is 10.6. The van der Waals surface area contributed by atoms with Gasteiger partial charge in [-0.3, -0.25) is 14.6 Å². The molecule has 2 aromatic rings. The van der Waals surface area contributed by atoms with E-state index in [-0.39, 0.29) is 17.7 Å². The molecule has 5 nitrogen and oxygen atoms in total. The van der Waals surface area contributed by atoms with Crippen molar-refractivity contribution in [1.29, 1.82) is 0 Å². The summed E-state index contributed by atoms with van der Waals surface area (Å²) < 4.78 is 0. The van der Waals surface area contributed by atoms with Gasteiger partial charge in [0.05, 0.1) is 23.7 Å². The summed E-state index contributed by atoms with van der Waals surface area (Å²) in [5.41, 5.74) is 1.95. The van der Waals surface area contributed by atoms with Crippen LogP contribution in [-0.2, 0) is 11.3 Å². The third kappa shape index (κ3) is 3.54. The fraction of sp³-hybridized carbons (Fsp3) is 0.458. The number of pyridine rings is 1. The van der Waals surface area contributed by atoms with Gasteiger partial charge in [0.1, 0.15) is 0 Å². The predicted molar refractivity (Wildman–Crippen MR) is 112 cm³/mol. The molecule has 2 heterocycles. The van der Waals surface area contributed by atoms with E-state index in [4.69, 9.17) is 0 Å². The Kier molecular flexibility index (Phi) is 5.39. The average molecular weight is 392 g/mol. The number of benzene rings is 1. The normalized spacial score (nSPS) is 20.2. The molecule has 29 heavy (non-hydrogen) atoms. The van der Waals surface area contributed by atoms with Crippen molar-refractivity contribution in [2.75, 3.05) is 6.54 Å². The van der Waals surface area contributed by atoms with Crippen LogP contribution >= 0.6 is 0 Å². The van der Waals surface area contributed by atoms with Crippen molar-refractivity contribution in [3.63, 3.8) is 0 Å². The lowest BCUT2D eigenvalue weighted by Gasteiger charge is -2.50. The number of carbonyl (C=O) groups excluding carboxylic acids is 2. The minimum Gasteiger partial charge on any atom is -0.350 e. The van der Waals surface area contributed by atoms with Crippen molar-refractivity contribution in [3.05, 3.63) is 65.5 Å². The molecule has 1 N–H and O–H groups in total. The summed E-state index contributed by atoms with van der Waals surface area (Å²) in [6, 6.07) is 13.4. The number of nitrogens with one attached hydrogen (secondary N) is 1. The molecule has 1 fully saturated rings. The van der Waals surface area contributed by atoms with Gasteiger partial charge in [-0.2, -0.15) is 0 Å². The molecule has 1 aromatic heterocycles. The number of fused-ring (bicyclic) bond motifs is 1. The minimum absolute atomic E-state index is 0.00809. The molecule has 0 saturated heterocycles. The molecular formula is C24H29N3O2. The third-order valence-electron chi connectivity index (χ3n) is 6.27. The van der Waals surface area contributed by atoms with Crippen LogP contribution < -0.4 is 5.32 Å². The first kappa shape index (κ1) is 19.6. The number of hydrogen-bond acceptors (Lipinski definition) is 3. The second-order valence-electron chi connectivity index (χ2n) is 8.68. The zero-order valence-electron chi connectivity index (χ0n) is 17.2. The lowest BCUT2D eigenvalue weighted by molar-refractivity contribution is -0.126. The Bertz CT molecular complexity index is 888. The smallest absolute Gasteiger partial charge is 0.254 e. The van der Waals surface area contributed by atoms with Crippen LogP contribution in [-0.4, -0.2) is 33.8 Å². The maximum atomic E-state index is 13.6. The van der Waals surface area contributed by atoms with Crippen LogP contribution in [0.5, 0.6) is 0 Å². The van der Waals surface area contributed by atoms with Gasteiger partial charge in [-0.15, -0.1) is 0 Å². The molecule has 2 aliphatic rings. The highest BCUT2D eigenvalue weighted by atomic mass is 16.2. The predicted octanol–water partition coefficient (Wildman–Crippen LogP) is 3.91. The van der Waals surface area contributed by atoms with Crippen LogP contribution in [0.4, 0.5) is 0 Å². The number of nitrogens with zero attached hydrogens (tertiary/aromatic N) is 2. The van der Waals surface area contributed by atoms with E-state index in [2.05, 4.69) is 24.1 Å². The quantitative estimate of drug-likeness (QED) is 0.841. The van der Waals surface area contributed by atoms with Gasteiger partial charge in [0.25, 0.3) is 5.91 Å². The van der Waals surface area contributed by atoms with Gasteiger partial charge in [-0.05, 0) is 42.5 Å². The summed E-state index contributed by atoms with van der Waals surface area (Å²) in [4.78, 5) is 33.3. The Hall–Kier alpha value is -2.69. The molecule has 0 radical (unpaired) electrons. The monoisotopic (exact) mass is 391 g/mol. The summed E-state index contributed by atoms with van der Waals surface area (Å²) in [7, 11) is 0. The van der Waals surface area contributed by atoms with E-state index in [0.29, 0.717) is 24.6 Å². The van der Waals surface area contributed by atoms with Crippen molar-refractivity contribution < 1.29 is 9.59 Å². The molecule has 1 aromatic carbocycles. The summed E-state index contributed by atoms with van der Waals surface area (Å²) in [5, 5.41) is 3.11. The minimum atomic E-state index is -0.427. The van der Waals surface area contributed by atoms with Crippen molar-refractivity contribution in [2.45, 2.75) is 57.5 Å². The standard InChI is InChI=1S/C24H29N3O2/c1-17(2)16-27-23(29)20-11-4-3-10-19(20)21(24(27)12-6-7-13-24)22(28)26-15-18-9-5-8-14-25-18/h3-5,8-11,14,17,21H,6-7,12-13,15-16H2,1-2H3,(H,26,28)/t21-/m0/s1. The Morgan fingerprint density at radius 2 is 1.90 bits per heavy atom. The molecule has 0 bridgehead atoms. The van der Waals surface area contributed by atoms with Gasteiger partial charge in [0.15, 0.2) is 0 Å². The van der Waals surface area contributed by atoms with E-state index in [9.17, 15) is 9.59 Å². The summed E-state index contributed by atoms with van der Waals surface area (Å²) in [5.74, 6) is 0.0662. The molecule has 1 spiro atoms. The van der Waals surface area contributed by atoms with Crippen LogP contribution in [0.15, 0.2) is 48.7 Å². The number of amides is 2. The second-order valence-corrected chi connectivity index (χ2v) is 8.68. The van der Waals surface area contributed by atoms with Gasteiger partial charge >= 0.3 is 0 Å². The number of aromatic nitrogens is 1. The van der Waals surface area contributed by atoms with Gasteiger partial charge in [-0.1, -0.05) is 51.0 Å². The highest BCUT2D eigenvalue weighted by molar-refractivity contribution is 6.02. The molecule has 5 heteroatoms. The fourth-order valence-electron chi connectivity index (χ4n) is 5.08. The van der Waals surface area contributed by atoms with Crippen molar-refractivity contribution in [2.24, 2.45) is 5.92 Å². The van der Waals surface area contributed by atoms with Crippen LogP contribution in [0.25, 0.3) is 0 Å². The number of hydrogen-bond donors (Lipinski definition) is 1. The van der Waals surface area contributed by atoms with Crippen LogP contribution in [0.2, 0.25) is 0 Å². The lowest BCUT2D eigenvalue weighted by Crippen LogP contribution is -2.61. The average Bonchev–Trinajstić information content (AvgIpc) is 3.20. The molecule has 0 unspecified atom stereocenters. The van der Waals surface area contributed by atoms with E-state index >= 15 is 0 Å². The van der Waals surface area contributed by atoms with Gasteiger partial charge < -0.3 is 10.2 Å². The Balaban J connectivity index is 1.73. The molecule has 4 rings (SSSR count). The van der Waals surface area contributed by atoms with Gasteiger partial charge in [0, 0.05) is 18.3 Å². The maximum Gasteiger partial charge on any atom is 0.254 e. The third-order valence-corrected chi connectivity index (χ3v) is 6.27.